The molecule has 0 aliphatic carbocycles. The molecule has 0 radical (unpaired) electrons. The SMILES string of the molecule is CCN(CCC(=O)O)C(C)c1cncs1. The van der Waals surface area contributed by atoms with Gasteiger partial charge in [0.2, 0.25) is 0 Å². The lowest BCUT2D eigenvalue weighted by molar-refractivity contribution is -0.137. The van der Waals surface area contributed by atoms with Gasteiger partial charge in [0.15, 0.2) is 0 Å². The summed E-state index contributed by atoms with van der Waals surface area (Å²) in [7, 11) is 0. The van der Waals surface area contributed by atoms with Crippen molar-refractivity contribution in [3.63, 3.8) is 0 Å². The van der Waals surface area contributed by atoms with Crippen LogP contribution in [0.1, 0.15) is 31.2 Å². The van der Waals surface area contributed by atoms with Crippen molar-refractivity contribution in [3.05, 3.63) is 16.6 Å². The molecule has 0 saturated heterocycles. The van der Waals surface area contributed by atoms with Crippen molar-refractivity contribution in [2.24, 2.45) is 0 Å². The second kappa shape index (κ2) is 5.82. The summed E-state index contributed by atoms with van der Waals surface area (Å²) in [4.78, 5) is 17.8. The zero-order chi connectivity index (χ0) is 11.3. The highest BCUT2D eigenvalue weighted by atomic mass is 32.1. The molecule has 1 aromatic heterocycles. The molecule has 1 heterocycles. The summed E-state index contributed by atoms with van der Waals surface area (Å²) in [6.07, 6.45) is 2.04. The summed E-state index contributed by atoms with van der Waals surface area (Å²) in [6.45, 7) is 5.56. The van der Waals surface area contributed by atoms with Crippen LogP contribution in [0.4, 0.5) is 0 Å². The van der Waals surface area contributed by atoms with Gasteiger partial charge >= 0.3 is 5.97 Å². The third-order valence-corrected chi connectivity index (χ3v) is 3.38. The van der Waals surface area contributed by atoms with Gasteiger partial charge in [0.1, 0.15) is 0 Å². The number of carboxylic acid groups (broad SMARTS) is 1. The zero-order valence-electron chi connectivity index (χ0n) is 9.01. The van der Waals surface area contributed by atoms with Crippen LogP contribution < -0.4 is 0 Å². The monoisotopic (exact) mass is 228 g/mol. The number of carboxylic acids is 1. The molecule has 15 heavy (non-hydrogen) atoms. The summed E-state index contributed by atoms with van der Waals surface area (Å²) in [6, 6.07) is 0.252. The van der Waals surface area contributed by atoms with Gasteiger partial charge in [-0.1, -0.05) is 6.92 Å². The molecule has 4 nitrogen and oxygen atoms in total. The van der Waals surface area contributed by atoms with E-state index in [1.807, 2.05) is 13.1 Å². The Labute approximate surface area is 93.6 Å². The molecule has 0 aromatic carbocycles. The highest BCUT2D eigenvalue weighted by Crippen LogP contribution is 2.22. The van der Waals surface area contributed by atoms with Crippen molar-refractivity contribution in [2.75, 3.05) is 13.1 Å². The predicted molar refractivity (Wildman–Crippen MR) is 60.0 cm³/mol. The summed E-state index contributed by atoms with van der Waals surface area (Å²) in [5.74, 6) is -0.745. The van der Waals surface area contributed by atoms with Gasteiger partial charge in [-0.2, -0.15) is 0 Å². The van der Waals surface area contributed by atoms with Crippen LogP contribution in [0.5, 0.6) is 0 Å². The van der Waals surface area contributed by atoms with Crippen LogP contribution in [0.25, 0.3) is 0 Å². The maximum absolute atomic E-state index is 10.5. The first-order chi connectivity index (χ1) is 7.15. The van der Waals surface area contributed by atoms with Crippen molar-refractivity contribution in [1.82, 2.24) is 9.88 Å². The van der Waals surface area contributed by atoms with Crippen LogP contribution in [0.2, 0.25) is 0 Å². The minimum absolute atomic E-state index is 0.191. The van der Waals surface area contributed by atoms with Gasteiger partial charge in [-0.15, -0.1) is 11.3 Å². The van der Waals surface area contributed by atoms with Crippen LogP contribution in [0.15, 0.2) is 11.7 Å². The minimum Gasteiger partial charge on any atom is -0.481 e. The van der Waals surface area contributed by atoms with E-state index in [0.717, 1.165) is 6.54 Å². The molecular formula is C10H16N2O2S. The Kier molecular flexibility index (Phi) is 4.71. The van der Waals surface area contributed by atoms with Gasteiger partial charge in [0.05, 0.1) is 11.9 Å². The molecule has 0 aliphatic rings. The van der Waals surface area contributed by atoms with Crippen LogP contribution in [0, 0.1) is 0 Å². The summed E-state index contributed by atoms with van der Waals surface area (Å²) >= 11 is 1.61. The molecule has 0 amide bonds. The Morgan fingerprint density at radius 3 is 2.93 bits per heavy atom. The summed E-state index contributed by atoms with van der Waals surface area (Å²) in [5, 5.41) is 8.63. The van der Waals surface area contributed by atoms with Gasteiger partial charge in [-0.3, -0.25) is 14.7 Å². The van der Waals surface area contributed by atoms with Crippen LogP contribution in [-0.2, 0) is 4.79 Å². The van der Waals surface area contributed by atoms with Crippen molar-refractivity contribution < 1.29 is 9.90 Å². The zero-order valence-corrected chi connectivity index (χ0v) is 9.83. The normalized spacial score (nSPS) is 13.0. The molecule has 0 bridgehead atoms. The van der Waals surface area contributed by atoms with Crippen LogP contribution in [-0.4, -0.2) is 34.0 Å². The van der Waals surface area contributed by atoms with Gasteiger partial charge in [0, 0.05) is 23.7 Å². The highest BCUT2D eigenvalue weighted by molar-refractivity contribution is 7.09. The Morgan fingerprint density at radius 2 is 2.47 bits per heavy atom. The van der Waals surface area contributed by atoms with Crippen molar-refractivity contribution in [3.8, 4) is 0 Å². The lowest BCUT2D eigenvalue weighted by Crippen LogP contribution is -2.28. The first-order valence-corrected chi connectivity index (χ1v) is 5.87. The fourth-order valence-electron chi connectivity index (χ4n) is 1.48. The molecule has 1 aromatic rings. The van der Waals surface area contributed by atoms with E-state index in [-0.39, 0.29) is 12.5 Å². The largest absolute Gasteiger partial charge is 0.481 e. The fourth-order valence-corrected chi connectivity index (χ4v) is 2.19. The maximum Gasteiger partial charge on any atom is 0.304 e. The van der Waals surface area contributed by atoms with E-state index < -0.39 is 5.97 Å². The molecular weight excluding hydrogens is 212 g/mol. The van der Waals surface area contributed by atoms with E-state index in [0.29, 0.717) is 6.54 Å². The first kappa shape index (κ1) is 12.1. The van der Waals surface area contributed by atoms with E-state index in [9.17, 15) is 4.79 Å². The standard InChI is InChI=1S/C10H16N2O2S/c1-3-12(5-4-10(13)14)8(2)9-6-11-7-15-9/h6-8H,3-5H2,1-2H3,(H,13,14). The smallest absolute Gasteiger partial charge is 0.304 e. The molecule has 0 fully saturated rings. The molecule has 1 rings (SSSR count). The Balaban J connectivity index is 2.54. The molecule has 84 valence electrons. The quantitative estimate of drug-likeness (QED) is 0.809. The molecule has 1 N–H and O–H groups in total. The van der Waals surface area contributed by atoms with Gasteiger partial charge < -0.3 is 5.11 Å². The summed E-state index contributed by atoms with van der Waals surface area (Å²) in [5.41, 5.74) is 1.80. The Hall–Kier alpha value is -0.940. The molecule has 5 heteroatoms. The molecule has 0 spiro atoms. The lowest BCUT2D eigenvalue weighted by atomic mass is 10.2. The molecule has 1 atom stereocenters. The number of aliphatic carboxylic acids is 1. The van der Waals surface area contributed by atoms with E-state index in [1.165, 1.54) is 4.88 Å². The topological polar surface area (TPSA) is 53.4 Å². The Bertz CT molecular complexity index is 300. The number of aromatic nitrogens is 1. The van der Waals surface area contributed by atoms with Crippen molar-refractivity contribution in [1.29, 1.82) is 0 Å². The number of thiazole rings is 1. The third kappa shape index (κ3) is 3.60. The molecule has 1 unspecified atom stereocenters. The number of rotatable bonds is 6. The lowest BCUT2D eigenvalue weighted by Gasteiger charge is -2.25. The molecule has 0 saturated carbocycles. The van der Waals surface area contributed by atoms with Gasteiger partial charge in [0.25, 0.3) is 0 Å². The minimum atomic E-state index is -0.745. The number of hydrogen-bond donors (Lipinski definition) is 1. The first-order valence-electron chi connectivity index (χ1n) is 4.99. The van der Waals surface area contributed by atoms with E-state index in [2.05, 4.69) is 16.8 Å². The Morgan fingerprint density at radius 1 is 1.73 bits per heavy atom. The van der Waals surface area contributed by atoms with E-state index >= 15 is 0 Å². The van der Waals surface area contributed by atoms with Gasteiger partial charge in [-0.05, 0) is 13.5 Å². The second-order valence-electron chi connectivity index (χ2n) is 3.35. The average molecular weight is 228 g/mol. The van der Waals surface area contributed by atoms with Crippen LogP contribution in [0.3, 0.4) is 0 Å². The van der Waals surface area contributed by atoms with E-state index in [4.69, 9.17) is 5.11 Å². The van der Waals surface area contributed by atoms with Crippen molar-refractivity contribution in [2.45, 2.75) is 26.3 Å². The highest BCUT2D eigenvalue weighted by Gasteiger charge is 2.15. The fraction of sp³-hybridized carbons (Fsp3) is 0.600. The second-order valence-corrected chi connectivity index (χ2v) is 4.27. The maximum atomic E-state index is 10.5. The number of nitrogens with zero attached hydrogens (tertiary/aromatic N) is 2. The van der Waals surface area contributed by atoms with Gasteiger partial charge in [-0.25, -0.2) is 0 Å². The predicted octanol–water partition coefficient (Wildman–Crippen LogP) is 2.00. The summed E-state index contributed by atoms with van der Waals surface area (Å²) < 4.78 is 0. The molecule has 0 aliphatic heterocycles. The average Bonchev–Trinajstić information content (AvgIpc) is 2.70. The van der Waals surface area contributed by atoms with Crippen molar-refractivity contribution >= 4 is 17.3 Å². The number of carbonyl (C=O) groups is 1. The number of hydrogen-bond acceptors (Lipinski definition) is 4. The van der Waals surface area contributed by atoms with E-state index in [1.54, 1.807) is 16.8 Å². The van der Waals surface area contributed by atoms with Crippen LogP contribution >= 0.6 is 11.3 Å². The third-order valence-electron chi connectivity index (χ3n) is 2.43.